The Kier molecular flexibility index (Phi) is 7.47. The molecule has 0 unspecified atom stereocenters. The summed E-state index contributed by atoms with van der Waals surface area (Å²) >= 11 is 0. The summed E-state index contributed by atoms with van der Waals surface area (Å²) < 4.78 is 26.9. The molecular formula is C23H41N3O8Si2. The number of hydroxylamine groups is 1. The zero-order valence-electron chi connectivity index (χ0n) is 22.9. The van der Waals surface area contributed by atoms with Crippen LogP contribution in [0.4, 0.5) is 0 Å². The summed E-state index contributed by atoms with van der Waals surface area (Å²) in [5.74, 6) is -0.728. The molecule has 2 aliphatic heterocycles. The van der Waals surface area contributed by atoms with Crippen molar-refractivity contribution in [3.05, 3.63) is 33.1 Å². The fourth-order valence-electron chi connectivity index (χ4n) is 3.85. The molecule has 0 aromatic carbocycles. The summed E-state index contributed by atoms with van der Waals surface area (Å²) in [6.45, 7) is 21.0. The topological polar surface area (TPSA) is 144 Å². The number of H-pyrrole nitrogens is 1. The SMILES string of the molecule is CC(C)(C)[Si](C)(C)OC[C@H]1O[C@@H](n2ccc(=O)[nH]c2=O)[C@H](O[Si](C)(C)C(C)(C)C)[C@@]12O[C@H]2C(=O)NO. The molecule has 3 rings (SSSR count). The number of hydrogen-bond donors (Lipinski definition) is 3. The first kappa shape index (κ1) is 28.9. The van der Waals surface area contributed by atoms with E-state index in [9.17, 15) is 19.6 Å². The number of epoxide rings is 1. The summed E-state index contributed by atoms with van der Waals surface area (Å²) in [6, 6.07) is 1.23. The maximum Gasteiger partial charge on any atom is 0.330 e. The normalized spacial score (nSPS) is 29.0. The first-order chi connectivity index (χ1) is 16.3. The lowest BCUT2D eigenvalue weighted by atomic mass is 9.93. The van der Waals surface area contributed by atoms with Crippen molar-refractivity contribution in [1.82, 2.24) is 15.0 Å². The number of carbonyl (C=O) groups excluding carboxylic acids is 1. The van der Waals surface area contributed by atoms with Crippen molar-refractivity contribution >= 4 is 22.5 Å². The highest BCUT2D eigenvalue weighted by Gasteiger charge is 2.77. The third-order valence-corrected chi connectivity index (χ3v) is 17.2. The minimum atomic E-state index is -2.49. The molecule has 36 heavy (non-hydrogen) atoms. The lowest BCUT2D eigenvalue weighted by Crippen LogP contribution is -2.53. The predicted octanol–water partition coefficient (Wildman–Crippen LogP) is 2.49. The van der Waals surface area contributed by atoms with Gasteiger partial charge in [-0.25, -0.2) is 10.3 Å². The Balaban J connectivity index is 2.10. The average Bonchev–Trinajstić information content (AvgIpc) is 3.40. The quantitative estimate of drug-likeness (QED) is 0.206. The first-order valence-corrected chi connectivity index (χ1v) is 18.0. The molecule has 0 aliphatic carbocycles. The van der Waals surface area contributed by atoms with Gasteiger partial charge in [0.1, 0.15) is 12.2 Å². The lowest BCUT2D eigenvalue weighted by molar-refractivity contribution is -0.130. The number of nitrogens with one attached hydrogen (secondary N) is 2. The number of aromatic nitrogens is 2. The van der Waals surface area contributed by atoms with E-state index < -0.39 is 63.9 Å². The molecule has 1 aromatic rings. The molecule has 3 N–H and O–H groups in total. The molecule has 1 amide bonds. The Bertz CT molecular complexity index is 1100. The van der Waals surface area contributed by atoms with Gasteiger partial charge in [-0.2, -0.15) is 0 Å². The predicted molar refractivity (Wildman–Crippen MR) is 138 cm³/mol. The van der Waals surface area contributed by atoms with Gasteiger partial charge in [-0.05, 0) is 36.3 Å². The van der Waals surface area contributed by atoms with Crippen LogP contribution in [0.1, 0.15) is 47.8 Å². The van der Waals surface area contributed by atoms with Gasteiger partial charge in [0.05, 0.1) is 6.61 Å². The smallest absolute Gasteiger partial charge is 0.330 e. The van der Waals surface area contributed by atoms with E-state index in [1.165, 1.54) is 16.8 Å². The van der Waals surface area contributed by atoms with Gasteiger partial charge in [-0.1, -0.05) is 41.5 Å². The van der Waals surface area contributed by atoms with Gasteiger partial charge in [0.2, 0.25) is 0 Å². The fraction of sp³-hybridized carbons (Fsp3) is 0.783. The zero-order valence-corrected chi connectivity index (χ0v) is 24.9. The van der Waals surface area contributed by atoms with Gasteiger partial charge in [-0.3, -0.25) is 24.3 Å². The average molecular weight is 544 g/mol. The minimum Gasteiger partial charge on any atom is -0.414 e. The molecule has 5 atom stereocenters. The van der Waals surface area contributed by atoms with E-state index in [2.05, 4.69) is 72.7 Å². The molecule has 0 radical (unpaired) electrons. The molecule has 2 aliphatic rings. The van der Waals surface area contributed by atoms with E-state index in [4.69, 9.17) is 18.3 Å². The number of amides is 1. The molecule has 1 aromatic heterocycles. The van der Waals surface area contributed by atoms with Gasteiger partial charge in [0.25, 0.3) is 11.5 Å². The number of ether oxygens (including phenoxy) is 2. The summed E-state index contributed by atoms with van der Waals surface area (Å²) in [5, 5.41) is 9.10. The molecule has 13 heteroatoms. The van der Waals surface area contributed by atoms with E-state index in [0.717, 1.165) is 0 Å². The van der Waals surface area contributed by atoms with Crippen LogP contribution in [0.25, 0.3) is 0 Å². The number of hydrogen-bond acceptors (Lipinski definition) is 8. The first-order valence-electron chi connectivity index (χ1n) is 12.2. The largest absolute Gasteiger partial charge is 0.414 e. The lowest BCUT2D eigenvalue weighted by Gasteiger charge is -2.40. The second-order valence-corrected chi connectivity index (χ2v) is 22.3. The van der Waals surface area contributed by atoms with Crippen LogP contribution < -0.4 is 16.7 Å². The van der Waals surface area contributed by atoms with Crippen molar-refractivity contribution < 1.29 is 28.3 Å². The second-order valence-electron chi connectivity index (χ2n) is 12.7. The van der Waals surface area contributed by atoms with Crippen molar-refractivity contribution in [2.24, 2.45) is 0 Å². The standard InChI is InChI=1S/C23H41N3O8Si2/c1-21(2,3)35(7,8)31-13-14-23(16(33-23)18(28)25-30)17(34-36(9,10)22(4,5)6)19(32-14)26-12-11-15(27)24-20(26)29/h11-12,14,16-17,19,30H,13H2,1-10H3,(H,25,28)(H,24,27,29)/t14-,16+,17+,19-,23-/m1/s1. The highest BCUT2D eigenvalue weighted by Crippen LogP contribution is 2.56. The Morgan fingerprint density at radius 2 is 1.72 bits per heavy atom. The molecule has 1 spiro atoms. The van der Waals surface area contributed by atoms with E-state index in [1.807, 2.05) is 0 Å². The van der Waals surface area contributed by atoms with Crippen LogP contribution in [0.5, 0.6) is 0 Å². The number of rotatable bonds is 7. The van der Waals surface area contributed by atoms with Crippen molar-refractivity contribution in [3.8, 4) is 0 Å². The minimum absolute atomic E-state index is 0.0721. The van der Waals surface area contributed by atoms with Gasteiger partial charge < -0.3 is 18.3 Å². The third-order valence-electron chi connectivity index (χ3n) is 8.29. The molecule has 2 saturated heterocycles. The van der Waals surface area contributed by atoms with Crippen LogP contribution in [-0.4, -0.2) is 67.8 Å². The summed E-state index contributed by atoms with van der Waals surface area (Å²) in [6.07, 6.45) is -2.35. The molecule has 11 nitrogen and oxygen atoms in total. The van der Waals surface area contributed by atoms with Gasteiger partial charge >= 0.3 is 5.69 Å². The van der Waals surface area contributed by atoms with Crippen LogP contribution in [0.2, 0.25) is 36.3 Å². The van der Waals surface area contributed by atoms with Crippen molar-refractivity contribution in [3.63, 3.8) is 0 Å². The summed E-state index contributed by atoms with van der Waals surface area (Å²) in [7, 11) is -4.71. The summed E-state index contributed by atoms with van der Waals surface area (Å²) in [4.78, 5) is 39.4. The Hall–Kier alpha value is -1.62. The molecular weight excluding hydrogens is 502 g/mol. The summed E-state index contributed by atoms with van der Waals surface area (Å²) in [5.41, 5.74) is -0.820. The van der Waals surface area contributed by atoms with Crippen LogP contribution >= 0.6 is 0 Å². The van der Waals surface area contributed by atoms with Crippen LogP contribution in [0, 0.1) is 0 Å². The Morgan fingerprint density at radius 3 is 2.22 bits per heavy atom. The van der Waals surface area contributed by atoms with Gasteiger partial charge in [0, 0.05) is 12.3 Å². The van der Waals surface area contributed by atoms with Gasteiger partial charge in [0.15, 0.2) is 34.6 Å². The van der Waals surface area contributed by atoms with Crippen LogP contribution in [0.3, 0.4) is 0 Å². The molecule has 0 bridgehead atoms. The Labute approximate surface area is 213 Å². The molecule has 2 fully saturated rings. The third kappa shape index (κ3) is 5.06. The molecule has 3 heterocycles. The van der Waals surface area contributed by atoms with E-state index in [0.29, 0.717) is 0 Å². The van der Waals surface area contributed by atoms with E-state index in [1.54, 1.807) is 5.48 Å². The van der Waals surface area contributed by atoms with E-state index >= 15 is 0 Å². The van der Waals surface area contributed by atoms with Crippen LogP contribution in [-0.2, 0) is 23.1 Å². The molecule has 204 valence electrons. The van der Waals surface area contributed by atoms with Crippen molar-refractivity contribution in [2.45, 2.75) is 108 Å². The van der Waals surface area contributed by atoms with Crippen molar-refractivity contribution in [1.29, 1.82) is 0 Å². The highest BCUT2D eigenvalue weighted by atomic mass is 28.4. The number of carbonyl (C=O) groups is 1. The van der Waals surface area contributed by atoms with Gasteiger partial charge in [-0.15, -0.1) is 0 Å². The zero-order chi connectivity index (χ0) is 27.5. The van der Waals surface area contributed by atoms with Crippen molar-refractivity contribution in [2.75, 3.05) is 6.61 Å². The monoisotopic (exact) mass is 543 g/mol. The maximum atomic E-state index is 12.8. The van der Waals surface area contributed by atoms with Crippen LogP contribution in [0.15, 0.2) is 21.9 Å². The number of aromatic amines is 1. The maximum absolute atomic E-state index is 12.8. The Morgan fingerprint density at radius 1 is 1.14 bits per heavy atom. The highest BCUT2D eigenvalue weighted by molar-refractivity contribution is 6.74. The fourth-order valence-corrected chi connectivity index (χ4v) is 6.14. The second kappa shape index (κ2) is 9.29. The number of nitrogens with zero attached hydrogens (tertiary/aromatic N) is 1. The molecule has 0 saturated carbocycles. The van der Waals surface area contributed by atoms with E-state index in [-0.39, 0.29) is 16.7 Å².